The average molecular weight is 290 g/mol. The molecule has 0 saturated carbocycles. The van der Waals surface area contributed by atoms with Crippen molar-refractivity contribution in [1.82, 2.24) is 0 Å². The molecule has 0 fully saturated rings. The van der Waals surface area contributed by atoms with Gasteiger partial charge in [-0.1, -0.05) is 0 Å². The predicted octanol–water partition coefficient (Wildman–Crippen LogP) is 3.38. The lowest BCUT2D eigenvalue weighted by atomic mass is 10.1. The fourth-order valence-corrected chi connectivity index (χ4v) is 2.84. The zero-order chi connectivity index (χ0) is 14.7. The van der Waals surface area contributed by atoms with Crippen LogP contribution in [0.3, 0.4) is 0 Å². The first-order valence-corrected chi connectivity index (χ1v) is 7.32. The summed E-state index contributed by atoms with van der Waals surface area (Å²) < 4.78 is 0. The molecule has 1 heterocycles. The molecular formula is C15H18N2O2S. The van der Waals surface area contributed by atoms with Gasteiger partial charge in [0.1, 0.15) is 0 Å². The van der Waals surface area contributed by atoms with Crippen LogP contribution in [-0.4, -0.2) is 17.1 Å². The molecule has 5 heteroatoms. The third-order valence-corrected chi connectivity index (χ3v) is 3.88. The lowest BCUT2D eigenvalue weighted by Gasteiger charge is -2.17. The number of thiophene rings is 1. The van der Waals surface area contributed by atoms with Crippen molar-refractivity contribution in [3.8, 4) is 0 Å². The van der Waals surface area contributed by atoms with Gasteiger partial charge in [0, 0.05) is 17.4 Å². The van der Waals surface area contributed by atoms with E-state index >= 15 is 0 Å². The van der Waals surface area contributed by atoms with Crippen molar-refractivity contribution in [2.24, 2.45) is 0 Å². The number of hydrogen-bond donors (Lipinski definition) is 3. The molecule has 0 amide bonds. The van der Waals surface area contributed by atoms with E-state index in [0.717, 1.165) is 17.7 Å². The molecular weight excluding hydrogens is 272 g/mol. The lowest BCUT2D eigenvalue weighted by Crippen LogP contribution is -2.18. The first kappa shape index (κ1) is 14.4. The molecule has 0 aliphatic rings. The summed E-state index contributed by atoms with van der Waals surface area (Å²) in [4.78, 5) is 11.2. The Kier molecular flexibility index (Phi) is 4.29. The van der Waals surface area contributed by atoms with E-state index in [9.17, 15) is 4.79 Å². The summed E-state index contributed by atoms with van der Waals surface area (Å²) in [6.45, 7) is 3.89. The monoisotopic (exact) mass is 290 g/mol. The summed E-state index contributed by atoms with van der Waals surface area (Å²) in [5.74, 6) is -1.00. The second kappa shape index (κ2) is 5.96. The number of carboxylic acid groups (broad SMARTS) is 1. The first-order valence-electron chi connectivity index (χ1n) is 6.38. The van der Waals surface area contributed by atoms with E-state index in [4.69, 9.17) is 10.8 Å². The molecule has 0 bridgehead atoms. The molecule has 1 unspecified atom stereocenters. The average Bonchev–Trinajstić information content (AvgIpc) is 2.85. The van der Waals surface area contributed by atoms with Gasteiger partial charge in [0.25, 0.3) is 0 Å². The number of carbonyl (C=O) groups is 1. The van der Waals surface area contributed by atoms with Crippen LogP contribution in [0.25, 0.3) is 0 Å². The first-order chi connectivity index (χ1) is 9.47. The molecule has 0 radical (unpaired) electrons. The number of aromatic carboxylic acids is 1. The minimum Gasteiger partial charge on any atom is -0.478 e. The van der Waals surface area contributed by atoms with Gasteiger partial charge in [0.05, 0.1) is 5.56 Å². The summed E-state index contributed by atoms with van der Waals surface area (Å²) in [5, 5.41) is 16.7. The van der Waals surface area contributed by atoms with Crippen molar-refractivity contribution >= 4 is 28.7 Å². The van der Waals surface area contributed by atoms with Gasteiger partial charge in [0.2, 0.25) is 0 Å². The molecule has 0 aliphatic heterocycles. The molecule has 0 saturated heterocycles. The Morgan fingerprint density at radius 3 is 2.85 bits per heavy atom. The topological polar surface area (TPSA) is 75.3 Å². The summed E-state index contributed by atoms with van der Waals surface area (Å²) in [6.07, 6.45) is 0.898. The van der Waals surface area contributed by atoms with Crippen LogP contribution in [0.1, 0.15) is 28.4 Å². The Morgan fingerprint density at radius 2 is 2.25 bits per heavy atom. The van der Waals surface area contributed by atoms with Crippen LogP contribution in [0.4, 0.5) is 11.4 Å². The zero-order valence-electron chi connectivity index (χ0n) is 11.5. The van der Waals surface area contributed by atoms with E-state index < -0.39 is 5.97 Å². The molecule has 1 aromatic carbocycles. The normalized spacial score (nSPS) is 12.1. The highest BCUT2D eigenvalue weighted by Crippen LogP contribution is 2.24. The van der Waals surface area contributed by atoms with Gasteiger partial charge in [-0.25, -0.2) is 4.79 Å². The van der Waals surface area contributed by atoms with Gasteiger partial charge in [0.15, 0.2) is 0 Å². The van der Waals surface area contributed by atoms with Crippen molar-refractivity contribution < 1.29 is 9.90 Å². The minimum atomic E-state index is -1.00. The quantitative estimate of drug-likeness (QED) is 0.738. The second-order valence-electron chi connectivity index (χ2n) is 4.94. The Balaban J connectivity index is 2.15. The van der Waals surface area contributed by atoms with Crippen molar-refractivity contribution in [3.63, 3.8) is 0 Å². The summed E-state index contributed by atoms with van der Waals surface area (Å²) in [5.41, 5.74) is 9.10. The maximum atomic E-state index is 11.2. The standard InChI is InChI=1S/C15H18N2O2S/c1-9-5-12(7-13(14(9)16)15(18)19)17-10(2)6-11-3-4-20-8-11/h3-5,7-8,10,17H,6,16H2,1-2H3,(H,18,19). The minimum absolute atomic E-state index is 0.148. The molecule has 106 valence electrons. The SMILES string of the molecule is Cc1cc(NC(C)Cc2ccsc2)cc(C(=O)O)c1N. The number of carboxylic acids is 1. The largest absolute Gasteiger partial charge is 0.478 e. The molecule has 4 N–H and O–H groups in total. The number of benzene rings is 1. The number of nitrogens with one attached hydrogen (secondary N) is 1. The highest BCUT2D eigenvalue weighted by molar-refractivity contribution is 7.07. The zero-order valence-corrected chi connectivity index (χ0v) is 12.3. The highest BCUT2D eigenvalue weighted by atomic mass is 32.1. The molecule has 2 aromatic rings. The van der Waals surface area contributed by atoms with Crippen molar-refractivity contribution in [2.75, 3.05) is 11.1 Å². The number of rotatable bonds is 5. The number of anilines is 2. The highest BCUT2D eigenvalue weighted by Gasteiger charge is 2.13. The van der Waals surface area contributed by atoms with Crippen LogP contribution in [0.5, 0.6) is 0 Å². The van der Waals surface area contributed by atoms with Crippen LogP contribution < -0.4 is 11.1 Å². The summed E-state index contributed by atoms with van der Waals surface area (Å²) in [6, 6.07) is 5.79. The van der Waals surface area contributed by atoms with E-state index in [0.29, 0.717) is 5.69 Å². The van der Waals surface area contributed by atoms with Crippen LogP contribution in [-0.2, 0) is 6.42 Å². The van der Waals surface area contributed by atoms with E-state index in [-0.39, 0.29) is 11.6 Å². The van der Waals surface area contributed by atoms with Crippen LogP contribution in [0.15, 0.2) is 29.0 Å². The Labute approximate surface area is 122 Å². The number of aryl methyl sites for hydroxylation is 1. The number of nitrogens with two attached hydrogens (primary N) is 1. The summed E-state index contributed by atoms with van der Waals surface area (Å²) >= 11 is 1.68. The Hall–Kier alpha value is -2.01. The molecule has 0 spiro atoms. The second-order valence-corrected chi connectivity index (χ2v) is 5.72. The predicted molar refractivity (Wildman–Crippen MR) is 83.7 cm³/mol. The van der Waals surface area contributed by atoms with Gasteiger partial charge in [-0.15, -0.1) is 0 Å². The van der Waals surface area contributed by atoms with E-state index in [1.54, 1.807) is 17.4 Å². The summed E-state index contributed by atoms with van der Waals surface area (Å²) in [7, 11) is 0. The van der Waals surface area contributed by atoms with Crippen LogP contribution in [0.2, 0.25) is 0 Å². The smallest absolute Gasteiger partial charge is 0.337 e. The maximum Gasteiger partial charge on any atom is 0.337 e. The third kappa shape index (κ3) is 3.30. The van der Waals surface area contributed by atoms with Gasteiger partial charge < -0.3 is 16.2 Å². The Bertz CT molecular complexity index is 609. The molecule has 1 atom stereocenters. The Morgan fingerprint density at radius 1 is 1.50 bits per heavy atom. The van der Waals surface area contributed by atoms with E-state index in [1.165, 1.54) is 5.56 Å². The number of nitrogen functional groups attached to an aromatic ring is 1. The van der Waals surface area contributed by atoms with E-state index in [1.807, 2.05) is 13.0 Å². The van der Waals surface area contributed by atoms with Crippen LogP contribution >= 0.6 is 11.3 Å². The molecule has 4 nitrogen and oxygen atoms in total. The van der Waals surface area contributed by atoms with Crippen molar-refractivity contribution in [1.29, 1.82) is 0 Å². The van der Waals surface area contributed by atoms with Crippen molar-refractivity contribution in [2.45, 2.75) is 26.3 Å². The van der Waals surface area contributed by atoms with Gasteiger partial charge in [-0.05, 0) is 60.4 Å². The number of hydrogen-bond acceptors (Lipinski definition) is 4. The third-order valence-electron chi connectivity index (χ3n) is 3.15. The fourth-order valence-electron chi connectivity index (χ4n) is 2.16. The van der Waals surface area contributed by atoms with Gasteiger partial charge >= 0.3 is 5.97 Å². The molecule has 20 heavy (non-hydrogen) atoms. The molecule has 1 aromatic heterocycles. The van der Waals surface area contributed by atoms with Gasteiger partial charge in [-0.2, -0.15) is 11.3 Å². The lowest BCUT2D eigenvalue weighted by molar-refractivity contribution is 0.0698. The van der Waals surface area contributed by atoms with Gasteiger partial charge in [-0.3, -0.25) is 0 Å². The van der Waals surface area contributed by atoms with Crippen LogP contribution in [0, 0.1) is 6.92 Å². The maximum absolute atomic E-state index is 11.2. The van der Waals surface area contributed by atoms with Crippen molar-refractivity contribution in [3.05, 3.63) is 45.6 Å². The molecule has 2 rings (SSSR count). The fraction of sp³-hybridized carbons (Fsp3) is 0.267. The van der Waals surface area contributed by atoms with E-state index in [2.05, 4.69) is 29.1 Å². The molecule has 0 aliphatic carbocycles.